The number of aliphatic hydroxyl groups is 1. The number of amides is 2. The minimum atomic E-state index is -0.241. The van der Waals surface area contributed by atoms with E-state index >= 15 is 0 Å². The van der Waals surface area contributed by atoms with E-state index in [-0.39, 0.29) is 30.2 Å². The Kier molecular flexibility index (Phi) is 5.23. The van der Waals surface area contributed by atoms with E-state index in [4.69, 9.17) is 9.47 Å². The maximum atomic E-state index is 12.1. The van der Waals surface area contributed by atoms with Crippen LogP contribution in [-0.2, 0) is 9.47 Å². The van der Waals surface area contributed by atoms with Crippen molar-refractivity contribution in [2.45, 2.75) is 38.8 Å². The largest absolute Gasteiger partial charge is 0.394 e. The van der Waals surface area contributed by atoms with Crippen LogP contribution in [0.25, 0.3) is 0 Å². The molecule has 1 unspecified atom stereocenters. The van der Waals surface area contributed by atoms with Gasteiger partial charge >= 0.3 is 6.03 Å². The Hall–Kier alpha value is -0.850. The van der Waals surface area contributed by atoms with Crippen molar-refractivity contribution in [3.63, 3.8) is 0 Å². The third-order valence-electron chi connectivity index (χ3n) is 4.03. The number of urea groups is 1. The normalized spacial score (nSPS) is 30.1. The summed E-state index contributed by atoms with van der Waals surface area (Å²) in [6, 6.07) is -0.379. The molecule has 0 aromatic carbocycles. The highest BCUT2D eigenvalue weighted by atomic mass is 16.5. The van der Waals surface area contributed by atoms with Gasteiger partial charge in [-0.2, -0.15) is 0 Å². The zero-order valence-corrected chi connectivity index (χ0v) is 12.4. The second-order valence-electron chi connectivity index (χ2n) is 6.43. The first-order valence-corrected chi connectivity index (χ1v) is 7.36. The number of ether oxygens (including phenoxy) is 2. The smallest absolute Gasteiger partial charge is 0.317 e. The van der Waals surface area contributed by atoms with Crippen LogP contribution in [0.5, 0.6) is 0 Å². The van der Waals surface area contributed by atoms with Crippen LogP contribution >= 0.6 is 0 Å². The summed E-state index contributed by atoms with van der Waals surface area (Å²) in [6.07, 6.45) is 2.19. The molecule has 0 spiro atoms. The zero-order chi connectivity index (χ0) is 14.6. The number of nitrogens with one attached hydrogen (secondary N) is 1. The highest BCUT2D eigenvalue weighted by Gasteiger charge is 2.30. The topological polar surface area (TPSA) is 71.0 Å². The van der Waals surface area contributed by atoms with Crippen molar-refractivity contribution >= 4 is 6.03 Å². The van der Waals surface area contributed by atoms with Crippen LogP contribution in [0.1, 0.15) is 26.7 Å². The molecule has 2 N–H and O–H groups in total. The Morgan fingerprint density at radius 1 is 1.50 bits per heavy atom. The van der Waals surface area contributed by atoms with Crippen molar-refractivity contribution in [2.75, 3.05) is 39.5 Å². The monoisotopic (exact) mass is 286 g/mol. The number of nitrogens with zero attached hydrogens (tertiary/aromatic N) is 1. The first kappa shape index (κ1) is 15.5. The van der Waals surface area contributed by atoms with E-state index in [2.05, 4.69) is 19.2 Å². The Balaban J connectivity index is 1.74. The second-order valence-corrected chi connectivity index (χ2v) is 6.43. The summed E-state index contributed by atoms with van der Waals surface area (Å²) in [5, 5.41) is 12.2. The van der Waals surface area contributed by atoms with Gasteiger partial charge < -0.3 is 24.8 Å². The molecule has 0 aromatic rings. The minimum Gasteiger partial charge on any atom is -0.394 e. The summed E-state index contributed by atoms with van der Waals surface area (Å²) in [6.45, 7) is 7.05. The van der Waals surface area contributed by atoms with Crippen LogP contribution in [0.3, 0.4) is 0 Å². The first-order valence-electron chi connectivity index (χ1n) is 7.36. The van der Waals surface area contributed by atoms with E-state index < -0.39 is 0 Å². The quantitative estimate of drug-likeness (QED) is 0.797. The third kappa shape index (κ3) is 4.07. The van der Waals surface area contributed by atoms with E-state index in [1.54, 1.807) is 4.90 Å². The molecular formula is C14H26N2O4. The lowest BCUT2D eigenvalue weighted by Crippen LogP contribution is -2.55. The summed E-state index contributed by atoms with van der Waals surface area (Å²) in [7, 11) is 0. The van der Waals surface area contributed by atoms with Crippen molar-refractivity contribution in [3.8, 4) is 0 Å². The van der Waals surface area contributed by atoms with Gasteiger partial charge in [-0.3, -0.25) is 0 Å². The highest BCUT2D eigenvalue weighted by molar-refractivity contribution is 5.74. The number of carbonyl (C=O) groups is 1. The summed E-state index contributed by atoms with van der Waals surface area (Å²) in [5.41, 5.74) is 0.243. The van der Waals surface area contributed by atoms with Crippen LogP contribution in [-0.4, -0.2) is 67.7 Å². The van der Waals surface area contributed by atoms with Gasteiger partial charge in [0.05, 0.1) is 38.6 Å². The Morgan fingerprint density at radius 2 is 2.30 bits per heavy atom. The molecule has 6 heteroatoms. The van der Waals surface area contributed by atoms with E-state index in [1.165, 1.54) is 0 Å². The predicted molar refractivity (Wildman–Crippen MR) is 74.6 cm³/mol. The molecule has 0 saturated carbocycles. The summed E-state index contributed by atoms with van der Waals surface area (Å²) < 4.78 is 11.0. The lowest BCUT2D eigenvalue weighted by Gasteiger charge is -2.36. The molecule has 2 fully saturated rings. The van der Waals surface area contributed by atoms with E-state index in [0.717, 1.165) is 19.4 Å². The van der Waals surface area contributed by atoms with Crippen molar-refractivity contribution in [2.24, 2.45) is 5.41 Å². The van der Waals surface area contributed by atoms with Crippen LogP contribution < -0.4 is 5.32 Å². The molecule has 116 valence electrons. The van der Waals surface area contributed by atoms with Crippen LogP contribution in [0, 0.1) is 5.41 Å². The standard InChI is InChI=1S/C14H26N2O4/c1-14(2)4-3-12(20-10-14)7-15-13(18)16-5-6-19-9-11(16)8-17/h11-12,17H,3-10H2,1-2H3,(H,15,18)/t11-,12?/m1/s1. The fourth-order valence-corrected chi connectivity index (χ4v) is 2.59. The molecule has 0 aliphatic carbocycles. The van der Waals surface area contributed by atoms with Crippen LogP contribution in [0.4, 0.5) is 4.79 Å². The molecule has 2 rings (SSSR count). The maximum absolute atomic E-state index is 12.1. The molecular weight excluding hydrogens is 260 g/mol. The molecule has 2 amide bonds. The van der Waals surface area contributed by atoms with Crippen LogP contribution in [0.15, 0.2) is 0 Å². The third-order valence-corrected chi connectivity index (χ3v) is 4.03. The number of morpholine rings is 1. The summed E-state index contributed by atoms with van der Waals surface area (Å²) >= 11 is 0. The minimum absolute atomic E-state index is 0.0679. The predicted octanol–water partition coefficient (Wildman–Crippen LogP) is 0.594. The fourth-order valence-electron chi connectivity index (χ4n) is 2.59. The molecule has 0 radical (unpaired) electrons. The van der Waals surface area contributed by atoms with Crippen molar-refractivity contribution < 1.29 is 19.4 Å². The van der Waals surface area contributed by atoms with Gasteiger partial charge in [0.25, 0.3) is 0 Å². The molecule has 6 nitrogen and oxygen atoms in total. The van der Waals surface area contributed by atoms with Gasteiger partial charge in [-0.25, -0.2) is 4.79 Å². The van der Waals surface area contributed by atoms with E-state index in [0.29, 0.717) is 26.3 Å². The van der Waals surface area contributed by atoms with Crippen molar-refractivity contribution in [3.05, 3.63) is 0 Å². The lowest BCUT2D eigenvalue weighted by molar-refractivity contribution is -0.0471. The Morgan fingerprint density at radius 3 is 2.95 bits per heavy atom. The van der Waals surface area contributed by atoms with Crippen LogP contribution in [0.2, 0.25) is 0 Å². The van der Waals surface area contributed by atoms with E-state index in [9.17, 15) is 9.90 Å². The molecule has 2 aliphatic heterocycles. The van der Waals surface area contributed by atoms with Crippen molar-refractivity contribution in [1.82, 2.24) is 10.2 Å². The highest BCUT2D eigenvalue weighted by Crippen LogP contribution is 2.29. The Bertz CT molecular complexity index is 325. The molecule has 0 bridgehead atoms. The molecule has 20 heavy (non-hydrogen) atoms. The number of aliphatic hydroxyl groups excluding tert-OH is 1. The Labute approximate surface area is 120 Å². The maximum Gasteiger partial charge on any atom is 0.317 e. The van der Waals surface area contributed by atoms with Gasteiger partial charge in [0.2, 0.25) is 0 Å². The van der Waals surface area contributed by atoms with Gasteiger partial charge in [0, 0.05) is 13.1 Å². The van der Waals surface area contributed by atoms with Gasteiger partial charge in [0.1, 0.15) is 0 Å². The fraction of sp³-hybridized carbons (Fsp3) is 0.929. The number of hydrogen-bond donors (Lipinski definition) is 2. The van der Waals surface area contributed by atoms with Crippen molar-refractivity contribution in [1.29, 1.82) is 0 Å². The van der Waals surface area contributed by atoms with Gasteiger partial charge in [0.15, 0.2) is 0 Å². The number of carbonyl (C=O) groups excluding carboxylic acids is 1. The summed E-state index contributed by atoms with van der Waals surface area (Å²) in [5.74, 6) is 0. The average molecular weight is 286 g/mol. The van der Waals surface area contributed by atoms with Gasteiger partial charge in [-0.1, -0.05) is 13.8 Å². The summed E-state index contributed by atoms with van der Waals surface area (Å²) in [4.78, 5) is 13.8. The SMILES string of the molecule is CC1(C)CCC(CNC(=O)N2CCOC[C@H]2CO)OC1. The molecule has 2 saturated heterocycles. The number of rotatable bonds is 3. The molecule has 2 aliphatic rings. The molecule has 2 heterocycles. The zero-order valence-electron chi connectivity index (χ0n) is 12.4. The lowest BCUT2D eigenvalue weighted by atomic mass is 9.85. The van der Waals surface area contributed by atoms with Gasteiger partial charge in [-0.15, -0.1) is 0 Å². The number of hydrogen-bond acceptors (Lipinski definition) is 4. The molecule has 0 aromatic heterocycles. The first-order chi connectivity index (χ1) is 9.52. The van der Waals surface area contributed by atoms with Gasteiger partial charge in [-0.05, 0) is 18.3 Å². The van der Waals surface area contributed by atoms with E-state index in [1.807, 2.05) is 0 Å². The second kappa shape index (κ2) is 6.74. The average Bonchev–Trinajstić information content (AvgIpc) is 2.45. The molecule has 2 atom stereocenters.